The number of rotatable bonds is 8. The maximum Gasteiger partial charge on any atom is 0.257 e. The van der Waals surface area contributed by atoms with Crippen LogP contribution in [0.4, 0.5) is 0 Å². The second-order valence-electron chi connectivity index (χ2n) is 8.64. The molecule has 7 heteroatoms. The number of hydrogen-bond acceptors (Lipinski definition) is 6. The predicted molar refractivity (Wildman–Crippen MR) is 123 cm³/mol. The highest BCUT2D eigenvalue weighted by molar-refractivity contribution is 5.95. The van der Waals surface area contributed by atoms with Crippen LogP contribution in [0, 0.1) is 6.92 Å². The van der Waals surface area contributed by atoms with E-state index in [2.05, 4.69) is 22.0 Å². The Balaban J connectivity index is 1.49. The first kappa shape index (κ1) is 22.7. The number of nitrogens with zero attached hydrogens (tertiary/aromatic N) is 4. The van der Waals surface area contributed by atoms with Crippen molar-refractivity contribution in [2.24, 2.45) is 0 Å². The van der Waals surface area contributed by atoms with E-state index in [4.69, 9.17) is 14.5 Å². The summed E-state index contributed by atoms with van der Waals surface area (Å²) in [4.78, 5) is 26.6. The van der Waals surface area contributed by atoms with Crippen molar-refractivity contribution in [1.29, 1.82) is 0 Å². The number of aryl methyl sites for hydroxylation is 1. The average molecular weight is 439 g/mol. The summed E-state index contributed by atoms with van der Waals surface area (Å²) in [5.41, 5.74) is 3.71. The van der Waals surface area contributed by atoms with Gasteiger partial charge in [-0.25, -0.2) is 9.97 Å². The van der Waals surface area contributed by atoms with Gasteiger partial charge in [0.2, 0.25) is 0 Å². The van der Waals surface area contributed by atoms with Gasteiger partial charge < -0.3 is 14.4 Å². The van der Waals surface area contributed by atoms with Gasteiger partial charge in [-0.2, -0.15) is 0 Å². The molecule has 2 fully saturated rings. The van der Waals surface area contributed by atoms with Gasteiger partial charge in [-0.05, 0) is 63.8 Å². The van der Waals surface area contributed by atoms with Crippen molar-refractivity contribution >= 4 is 5.91 Å². The lowest BCUT2D eigenvalue weighted by atomic mass is 10.1. The van der Waals surface area contributed by atoms with Crippen LogP contribution in [0.5, 0.6) is 5.75 Å². The Bertz CT molecular complexity index is 943. The SMILES string of the molecule is CCOCc1cc(CN2CCC[C@@H]2c2ncc(C(=O)N3CCCC3)c(C)n2)ccc1OC. The molecule has 1 amide bonds. The van der Waals surface area contributed by atoms with Crippen LogP contribution in [0.1, 0.15) is 71.7 Å². The highest BCUT2D eigenvalue weighted by atomic mass is 16.5. The summed E-state index contributed by atoms with van der Waals surface area (Å²) >= 11 is 0. The molecule has 7 nitrogen and oxygen atoms in total. The number of hydrogen-bond donors (Lipinski definition) is 0. The first-order valence-corrected chi connectivity index (χ1v) is 11.7. The Hall–Kier alpha value is -2.51. The van der Waals surface area contributed by atoms with E-state index in [9.17, 15) is 4.79 Å². The standard InChI is InChI=1S/C25H34N4O3/c1-4-32-17-20-14-19(9-10-23(20)31-3)16-29-13-7-8-22(29)24-26-15-21(18(2)27-24)25(30)28-11-5-6-12-28/h9-10,14-15,22H,4-8,11-13,16-17H2,1-3H3/t22-/m1/s1. The van der Waals surface area contributed by atoms with Crippen LogP contribution in [-0.2, 0) is 17.9 Å². The summed E-state index contributed by atoms with van der Waals surface area (Å²) in [6.07, 6.45) is 6.05. The smallest absolute Gasteiger partial charge is 0.257 e. The van der Waals surface area contributed by atoms with Gasteiger partial charge in [-0.3, -0.25) is 9.69 Å². The molecule has 3 heterocycles. The summed E-state index contributed by atoms with van der Waals surface area (Å²) in [7, 11) is 1.69. The van der Waals surface area contributed by atoms with Gasteiger partial charge in [0.15, 0.2) is 0 Å². The molecular weight excluding hydrogens is 404 g/mol. The summed E-state index contributed by atoms with van der Waals surface area (Å²) in [5, 5.41) is 0. The lowest BCUT2D eigenvalue weighted by molar-refractivity contribution is 0.0791. The summed E-state index contributed by atoms with van der Waals surface area (Å²) in [6, 6.07) is 6.48. The van der Waals surface area contributed by atoms with Crippen LogP contribution >= 0.6 is 0 Å². The Morgan fingerprint density at radius 1 is 1.19 bits per heavy atom. The molecule has 0 saturated carbocycles. The molecule has 0 spiro atoms. The minimum atomic E-state index is 0.0647. The van der Waals surface area contributed by atoms with Gasteiger partial charge in [0.1, 0.15) is 11.6 Å². The number of likely N-dealkylation sites (tertiary alicyclic amines) is 2. The van der Waals surface area contributed by atoms with Crippen molar-refractivity contribution < 1.29 is 14.3 Å². The zero-order chi connectivity index (χ0) is 22.5. The van der Waals surface area contributed by atoms with Crippen LogP contribution in [0.3, 0.4) is 0 Å². The number of methoxy groups -OCH3 is 1. The quantitative estimate of drug-likeness (QED) is 0.623. The largest absolute Gasteiger partial charge is 0.496 e. The van der Waals surface area contributed by atoms with Crippen molar-refractivity contribution in [3.63, 3.8) is 0 Å². The topological polar surface area (TPSA) is 67.8 Å². The number of amides is 1. The molecule has 1 atom stereocenters. The normalized spacial score (nSPS) is 19.0. The number of carbonyl (C=O) groups is 1. The third-order valence-electron chi connectivity index (χ3n) is 6.48. The third kappa shape index (κ3) is 4.94. The molecular formula is C25H34N4O3. The molecule has 2 aliphatic heterocycles. The fourth-order valence-corrected chi connectivity index (χ4v) is 4.74. The van der Waals surface area contributed by atoms with E-state index < -0.39 is 0 Å². The van der Waals surface area contributed by atoms with E-state index in [0.717, 1.165) is 74.7 Å². The van der Waals surface area contributed by atoms with E-state index in [-0.39, 0.29) is 11.9 Å². The minimum Gasteiger partial charge on any atom is -0.496 e. The Kier molecular flexibility index (Phi) is 7.37. The molecule has 0 N–H and O–H groups in total. The molecule has 2 aromatic rings. The van der Waals surface area contributed by atoms with Gasteiger partial charge in [-0.1, -0.05) is 6.07 Å². The monoisotopic (exact) mass is 438 g/mol. The first-order valence-electron chi connectivity index (χ1n) is 11.7. The van der Waals surface area contributed by atoms with E-state index in [1.807, 2.05) is 24.8 Å². The van der Waals surface area contributed by atoms with Crippen LogP contribution < -0.4 is 4.74 Å². The number of benzene rings is 1. The zero-order valence-electron chi connectivity index (χ0n) is 19.5. The lowest BCUT2D eigenvalue weighted by Gasteiger charge is -2.24. The van der Waals surface area contributed by atoms with Gasteiger partial charge in [-0.15, -0.1) is 0 Å². The highest BCUT2D eigenvalue weighted by Crippen LogP contribution is 2.32. The van der Waals surface area contributed by atoms with Gasteiger partial charge in [0.25, 0.3) is 5.91 Å². The average Bonchev–Trinajstić information content (AvgIpc) is 3.50. The van der Waals surface area contributed by atoms with Crippen molar-refractivity contribution in [2.45, 2.75) is 58.7 Å². The lowest BCUT2D eigenvalue weighted by Crippen LogP contribution is -2.29. The molecule has 0 bridgehead atoms. The minimum absolute atomic E-state index is 0.0647. The molecule has 1 aromatic heterocycles. The van der Waals surface area contributed by atoms with E-state index in [1.54, 1.807) is 13.3 Å². The Labute approximate surface area is 190 Å². The van der Waals surface area contributed by atoms with Crippen molar-refractivity contribution in [3.05, 3.63) is 52.6 Å². The predicted octanol–water partition coefficient (Wildman–Crippen LogP) is 3.90. The maximum absolute atomic E-state index is 12.8. The molecule has 0 radical (unpaired) electrons. The van der Waals surface area contributed by atoms with Gasteiger partial charge in [0.05, 0.1) is 31.0 Å². The van der Waals surface area contributed by atoms with E-state index >= 15 is 0 Å². The summed E-state index contributed by atoms with van der Waals surface area (Å²) < 4.78 is 11.1. The van der Waals surface area contributed by atoms with Crippen LogP contribution in [-0.4, -0.2) is 59.0 Å². The van der Waals surface area contributed by atoms with Crippen molar-refractivity contribution in [3.8, 4) is 5.75 Å². The molecule has 0 aliphatic carbocycles. The van der Waals surface area contributed by atoms with Crippen molar-refractivity contribution in [1.82, 2.24) is 19.8 Å². The molecule has 172 valence electrons. The zero-order valence-corrected chi connectivity index (χ0v) is 19.5. The van der Waals surface area contributed by atoms with Crippen molar-refractivity contribution in [2.75, 3.05) is 33.4 Å². The Morgan fingerprint density at radius 3 is 2.72 bits per heavy atom. The van der Waals surface area contributed by atoms with Crippen LogP contribution in [0.2, 0.25) is 0 Å². The fourth-order valence-electron chi connectivity index (χ4n) is 4.74. The number of ether oxygens (including phenoxy) is 2. The van der Waals surface area contributed by atoms with Crippen LogP contribution in [0.15, 0.2) is 24.4 Å². The summed E-state index contributed by atoms with van der Waals surface area (Å²) in [6.45, 7) is 8.65. The molecule has 0 unspecified atom stereocenters. The molecule has 1 aromatic carbocycles. The van der Waals surface area contributed by atoms with E-state index in [1.165, 1.54) is 5.56 Å². The van der Waals surface area contributed by atoms with Crippen LogP contribution in [0.25, 0.3) is 0 Å². The second-order valence-corrected chi connectivity index (χ2v) is 8.64. The van der Waals surface area contributed by atoms with Gasteiger partial charge in [0, 0.05) is 38.0 Å². The third-order valence-corrected chi connectivity index (χ3v) is 6.48. The van der Waals surface area contributed by atoms with Gasteiger partial charge >= 0.3 is 0 Å². The second kappa shape index (κ2) is 10.4. The summed E-state index contributed by atoms with van der Waals surface area (Å²) in [5.74, 6) is 1.74. The highest BCUT2D eigenvalue weighted by Gasteiger charge is 2.30. The molecule has 2 saturated heterocycles. The molecule has 4 rings (SSSR count). The maximum atomic E-state index is 12.8. The Morgan fingerprint density at radius 2 is 2.00 bits per heavy atom. The number of carbonyl (C=O) groups excluding carboxylic acids is 1. The van der Waals surface area contributed by atoms with E-state index in [0.29, 0.717) is 18.8 Å². The molecule has 2 aliphatic rings. The fraction of sp³-hybridized carbons (Fsp3) is 0.560. The first-order chi connectivity index (χ1) is 15.6. The molecule has 32 heavy (non-hydrogen) atoms. The number of aromatic nitrogens is 2.